The second-order valence-corrected chi connectivity index (χ2v) is 6.09. The van der Waals surface area contributed by atoms with E-state index in [9.17, 15) is 18.0 Å². The van der Waals surface area contributed by atoms with Gasteiger partial charge in [0.25, 0.3) is 0 Å². The van der Waals surface area contributed by atoms with Crippen LogP contribution in [0.4, 0.5) is 13.2 Å². The number of fused-ring (bicyclic) bond motifs is 1. The molecule has 1 amide bonds. The number of hydrogen-bond donors (Lipinski definition) is 1. The highest BCUT2D eigenvalue weighted by Crippen LogP contribution is 2.39. The second-order valence-electron chi connectivity index (χ2n) is 5.17. The van der Waals surface area contributed by atoms with Crippen LogP contribution in [0.2, 0.25) is 0 Å². The fourth-order valence-corrected chi connectivity index (χ4v) is 3.02. The van der Waals surface area contributed by atoms with Crippen LogP contribution in [0.5, 0.6) is 0 Å². The number of halogens is 4. The molecule has 2 aromatic carbocycles. The first-order valence-corrected chi connectivity index (χ1v) is 7.46. The van der Waals surface area contributed by atoms with E-state index >= 15 is 0 Å². The van der Waals surface area contributed by atoms with Crippen LogP contribution >= 0.6 is 15.9 Å². The van der Waals surface area contributed by atoms with E-state index in [1.54, 1.807) is 18.2 Å². The van der Waals surface area contributed by atoms with Gasteiger partial charge in [-0.1, -0.05) is 34.1 Å². The van der Waals surface area contributed by atoms with E-state index in [4.69, 9.17) is 0 Å². The van der Waals surface area contributed by atoms with Crippen molar-refractivity contribution in [2.45, 2.75) is 18.6 Å². The van der Waals surface area contributed by atoms with Gasteiger partial charge >= 0.3 is 6.18 Å². The molecular weight excluding hydrogens is 361 g/mol. The number of amides is 1. The Bertz CT molecular complexity index is 732. The van der Waals surface area contributed by atoms with Crippen molar-refractivity contribution in [3.8, 4) is 0 Å². The van der Waals surface area contributed by atoms with E-state index in [1.807, 2.05) is 6.07 Å². The summed E-state index contributed by atoms with van der Waals surface area (Å²) in [5.74, 6) is -0.390. The highest BCUT2D eigenvalue weighted by atomic mass is 79.9. The van der Waals surface area contributed by atoms with Gasteiger partial charge in [0.05, 0.1) is 0 Å². The zero-order valence-electron chi connectivity index (χ0n) is 11.3. The lowest BCUT2D eigenvalue weighted by Crippen LogP contribution is -2.43. The van der Waals surface area contributed by atoms with Crippen LogP contribution in [0.3, 0.4) is 0 Å². The molecule has 1 atom stereocenters. The highest BCUT2D eigenvalue weighted by Gasteiger charge is 2.46. The molecule has 2 aromatic rings. The molecule has 116 valence electrons. The molecule has 0 aromatic heterocycles. The van der Waals surface area contributed by atoms with Crippen LogP contribution in [-0.2, 0) is 4.79 Å². The number of hydrogen-bond acceptors (Lipinski definition) is 2. The Morgan fingerprint density at radius 1 is 1.14 bits per heavy atom. The van der Waals surface area contributed by atoms with Gasteiger partial charge in [-0.25, -0.2) is 5.01 Å². The van der Waals surface area contributed by atoms with Crippen LogP contribution in [-0.4, -0.2) is 23.6 Å². The van der Waals surface area contributed by atoms with Crippen molar-refractivity contribution in [2.24, 2.45) is 0 Å². The molecule has 0 saturated carbocycles. The van der Waals surface area contributed by atoms with E-state index < -0.39 is 12.2 Å². The summed E-state index contributed by atoms with van der Waals surface area (Å²) in [6.07, 6.45) is -4.40. The Morgan fingerprint density at radius 3 is 2.45 bits per heavy atom. The van der Waals surface area contributed by atoms with E-state index in [-0.39, 0.29) is 24.4 Å². The first-order valence-electron chi connectivity index (χ1n) is 6.67. The lowest BCUT2D eigenvalue weighted by Gasteiger charge is -2.29. The molecule has 7 heteroatoms. The number of carbonyl (C=O) groups is 1. The number of nitrogens with one attached hydrogen (secondary N) is 1. The normalized spacial score (nSPS) is 17.7. The topological polar surface area (TPSA) is 32.3 Å². The van der Waals surface area contributed by atoms with Crippen LogP contribution in [0.25, 0.3) is 10.8 Å². The van der Waals surface area contributed by atoms with Crippen molar-refractivity contribution in [1.82, 2.24) is 10.4 Å². The van der Waals surface area contributed by atoms with Gasteiger partial charge in [-0.2, -0.15) is 13.2 Å². The summed E-state index contributed by atoms with van der Waals surface area (Å²) in [4.78, 5) is 11.2. The molecule has 1 heterocycles. The Morgan fingerprint density at radius 2 is 1.82 bits per heavy atom. The molecule has 0 radical (unpaired) electrons. The summed E-state index contributed by atoms with van der Waals surface area (Å²) < 4.78 is 41.2. The molecule has 3 rings (SSSR count). The quantitative estimate of drug-likeness (QED) is 0.865. The molecule has 1 fully saturated rings. The SMILES string of the molecule is O=C1CCN(C(c2ccc3cc(Br)ccc3c2)C(F)(F)F)N1. The number of benzene rings is 2. The van der Waals surface area contributed by atoms with Crippen LogP contribution in [0.15, 0.2) is 40.9 Å². The number of alkyl halides is 3. The molecule has 1 N–H and O–H groups in total. The average molecular weight is 373 g/mol. The Balaban J connectivity index is 2.04. The standard InChI is InChI=1S/C15H12BrF3N2O/c16-12-4-3-9-7-11(2-1-10(9)8-12)14(15(17,18)19)21-6-5-13(22)20-21/h1-4,7-8,14H,5-6H2,(H,20,22). The molecule has 0 spiro atoms. The van der Waals surface area contributed by atoms with Crippen LogP contribution in [0, 0.1) is 0 Å². The third-order valence-electron chi connectivity index (χ3n) is 3.61. The number of nitrogens with zero attached hydrogens (tertiary/aromatic N) is 1. The zero-order chi connectivity index (χ0) is 15.9. The van der Waals surface area contributed by atoms with E-state index in [0.717, 1.165) is 20.3 Å². The lowest BCUT2D eigenvalue weighted by atomic mass is 10.0. The summed E-state index contributed by atoms with van der Waals surface area (Å²) >= 11 is 3.34. The summed E-state index contributed by atoms with van der Waals surface area (Å²) in [5.41, 5.74) is 2.40. The second kappa shape index (κ2) is 5.55. The molecule has 1 unspecified atom stereocenters. The van der Waals surface area contributed by atoms with Gasteiger partial charge in [-0.3, -0.25) is 10.2 Å². The van der Waals surface area contributed by atoms with Crippen molar-refractivity contribution < 1.29 is 18.0 Å². The van der Waals surface area contributed by atoms with Gasteiger partial charge in [0.2, 0.25) is 5.91 Å². The minimum absolute atomic E-state index is 0.0430. The molecule has 0 aliphatic carbocycles. The van der Waals surface area contributed by atoms with Crippen molar-refractivity contribution >= 4 is 32.6 Å². The van der Waals surface area contributed by atoms with E-state index in [0.29, 0.717) is 0 Å². The fourth-order valence-electron chi connectivity index (χ4n) is 2.64. The largest absolute Gasteiger partial charge is 0.409 e. The zero-order valence-corrected chi connectivity index (χ0v) is 12.9. The van der Waals surface area contributed by atoms with Gasteiger partial charge in [0.15, 0.2) is 0 Å². The van der Waals surface area contributed by atoms with Crippen molar-refractivity contribution in [2.75, 3.05) is 6.54 Å². The molecule has 1 aliphatic heterocycles. The maximum absolute atomic E-state index is 13.4. The Kier molecular flexibility index (Phi) is 3.86. The number of hydrazine groups is 1. The third kappa shape index (κ3) is 2.96. The Hall–Kier alpha value is -1.60. The summed E-state index contributed by atoms with van der Waals surface area (Å²) in [5, 5.41) is 2.53. The molecule has 1 aliphatic rings. The maximum atomic E-state index is 13.4. The molecule has 0 bridgehead atoms. The van der Waals surface area contributed by atoms with E-state index in [1.165, 1.54) is 12.1 Å². The van der Waals surface area contributed by atoms with Crippen LogP contribution in [0.1, 0.15) is 18.0 Å². The van der Waals surface area contributed by atoms with Gasteiger partial charge in [-0.15, -0.1) is 0 Å². The lowest BCUT2D eigenvalue weighted by molar-refractivity contribution is -0.191. The smallest absolute Gasteiger partial charge is 0.288 e. The fraction of sp³-hybridized carbons (Fsp3) is 0.267. The third-order valence-corrected chi connectivity index (χ3v) is 4.11. The van der Waals surface area contributed by atoms with Gasteiger partial charge in [-0.05, 0) is 34.5 Å². The van der Waals surface area contributed by atoms with Gasteiger partial charge in [0, 0.05) is 17.4 Å². The monoisotopic (exact) mass is 372 g/mol. The number of rotatable bonds is 2. The molecule has 3 nitrogen and oxygen atoms in total. The molecule has 22 heavy (non-hydrogen) atoms. The van der Waals surface area contributed by atoms with Crippen molar-refractivity contribution in [3.05, 3.63) is 46.4 Å². The minimum atomic E-state index is -4.47. The average Bonchev–Trinajstić information content (AvgIpc) is 2.83. The van der Waals surface area contributed by atoms with E-state index in [2.05, 4.69) is 21.4 Å². The predicted octanol–water partition coefficient (Wildman–Crippen LogP) is 3.94. The maximum Gasteiger partial charge on any atom is 0.409 e. The molecule has 1 saturated heterocycles. The molecular formula is C15H12BrF3N2O. The summed E-state index contributed by atoms with van der Waals surface area (Å²) in [6, 6.07) is 8.19. The Labute approximate surface area is 133 Å². The number of carbonyl (C=O) groups excluding carboxylic acids is 1. The first kappa shape index (κ1) is 15.3. The summed E-state index contributed by atoms with van der Waals surface area (Å²) in [7, 11) is 0. The summed E-state index contributed by atoms with van der Waals surface area (Å²) in [6.45, 7) is 0.0430. The van der Waals surface area contributed by atoms with Gasteiger partial charge in [0.1, 0.15) is 6.04 Å². The van der Waals surface area contributed by atoms with Crippen LogP contribution < -0.4 is 5.43 Å². The minimum Gasteiger partial charge on any atom is -0.288 e. The van der Waals surface area contributed by atoms with Crippen molar-refractivity contribution in [1.29, 1.82) is 0 Å². The predicted molar refractivity (Wildman–Crippen MR) is 79.9 cm³/mol. The highest BCUT2D eigenvalue weighted by molar-refractivity contribution is 9.10. The van der Waals surface area contributed by atoms with Crippen molar-refractivity contribution in [3.63, 3.8) is 0 Å². The first-order chi connectivity index (χ1) is 10.3. The van der Waals surface area contributed by atoms with Gasteiger partial charge < -0.3 is 0 Å².